The molecule has 2 aromatic heterocycles. The van der Waals surface area contributed by atoms with Crippen LogP contribution < -0.4 is 5.56 Å². The number of aromatic amines is 1. The van der Waals surface area contributed by atoms with Gasteiger partial charge in [-0.15, -0.1) is 0 Å². The van der Waals surface area contributed by atoms with Gasteiger partial charge in [-0.05, 0) is 24.3 Å². The van der Waals surface area contributed by atoms with E-state index in [4.69, 9.17) is 4.42 Å². The van der Waals surface area contributed by atoms with E-state index in [-0.39, 0.29) is 28.5 Å². The number of nitrogens with zero attached hydrogens (tertiary/aromatic N) is 3. The van der Waals surface area contributed by atoms with Gasteiger partial charge in [0.2, 0.25) is 0 Å². The quantitative estimate of drug-likeness (QED) is 0.317. The van der Waals surface area contributed by atoms with E-state index in [1.807, 2.05) is 24.3 Å². The molecule has 2 N–H and O–H groups in total. The molecule has 4 aromatic rings. The Morgan fingerprint density at radius 3 is 2.67 bits per heavy atom. The second kappa shape index (κ2) is 6.97. The Hall–Kier alpha value is -3.57. The molecule has 0 fully saturated rings. The molecule has 0 unspecified atom stereocenters. The van der Waals surface area contributed by atoms with E-state index in [9.17, 15) is 15.2 Å². The number of nitriles is 1. The van der Waals surface area contributed by atoms with Gasteiger partial charge < -0.3 is 14.5 Å². The molecule has 7 nitrogen and oxygen atoms in total. The van der Waals surface area contributed by atoms with Gasteiger partial charge in [-0.2, -0.15) is 5.26 Å². The Morgan fingerprint density at radius 2 is 1.89 bits per heavy atom. The van der Waals surface area contributed by atoms with Crippen LogP contribution in [0, 0.1) is 11.3 Å². The molecule has 2 heterocycles. The van der Waals surface area contributed by atoms with E-state index in [0.717, 1.165) is 11.8 Å². The lowest BCUT2D eigenvalue weighted by molar-refractivity contribution is 0.419. The Morgan fingerprint density at radius 1 is 1.15 bits per heavy atom. The molecular formula is C19H12N4O3S. The monoisotopic (exact) mass is 376 g/mol. The Labute approximate surface area is 157 Å². The number of aliphatic hydroxyl groups is 1. The van der Waals surface area contributed by atoms with Gasteiger partial charge in [0.15, 0.2) is 11.4 Å². The fourth-order valence-corrected chi connectivity index (χ4v) is 3.29. The molecule has 0 amide bonds. The van der Waals surface area contributed by atoms with Crippen molar-refractivity contribution in [1.82, 2.24) is 15.0 Å². The largest absolute Gasteiger partial charge is 0.510 e. The summed E-state index contributed by atoms with van der Waals surface area (Å²) >= 11 is 1.14. The van der Waals surface area contributed by atoms with Crippen molar-refractivity contribution in [2.75, 3.05) is 5.75 Å². The molecule has 0 aliphatic heterocycles. The fraction of sp³-hybridized carbons (Fsp3) is 0.0526. The molecular weight excluding hydrogens is 364 g/mol. The highest BCUT2D eigenvalue weighted by Gasteiger charge is 2.15. The average molecular weight is 376 g/mol. The number of hydrogen-bond acceptors (Lipinski definition) is 7. The van der Waals surface area contributed by atoms with Crippen LogP contribution in [0.5, 0.6) is 0 Å². The molecule has 0 aliphatic carbocycles. The van der Waals surface area contributed by atoms with Crippen LogP contribution in [0.4, 0.5) is 0 Å². The third-order valence-corrected chi connectivity index (χ3v) is 4.70. The van der Waals surface area contributed by atoms with Crippen LogP contribution in [-0.4, -0.2) is 25.8 Å². The molecule has 0 spiro atoms. The number of oxazole rings is 1. The number of thioether (sulfide) groups is 1. The molecule has 0 saturated carbocycles. The Bertz CT molecular complexity index is 1250. The van der Waals surface area contributed by atoms with E-state index < -0.39 is 0 Å². The van der Waals surface area contributed by atoms with E-state index in [1.54, 1.807) is 30.3 Å². The summed E-state index contributed by atoms with van der Waals surface area (Å²) in [5, 5.41) is 20.6. The maximum Gasteiger partial charge on any atom is 0.259 e. The number of hydrogen-bond donors (Lipinski definition) is 2. The minimum atomic E-state index is -0.372. The first kappa shape index (κ1) is 16.9. The molecule has 8 heteroatoms. The van der Waals surface area contributed by atoms with Crippen LogP contribution in [0.15, 0.2) is 68.7 Å². The van der Waals surface area contributed by atoms with Gasteiger partial charge in [-0.3, -0.25) is 4.79 Å². The first-order chi connectivity index (χ1) is 13.2. The number of benzene rings is 2. The van der Waals surface area contributed by atoms with Crippen molar-refractivity contribution >= 4 is 39.3 Å². The van der Waals surface area contributed by atoms with E-state index in [0.29, 0.717) is 27.2 Å². The zero-order valence-corrected chi connectivity index (χ0v) is 14.7. The number of H-pyrrole nitrogens is 1. The number of aliphatic hydroxyl groups excluding tert-OH is 1. The third kappa shape index (κ3) is 3.28. The average Bonchev–Trinajstić information content (AvgIpc) is 3.10. The van der Waals surface area contributed by atoms with Crippen molar-refractivity contribution in [2.24, 2.45) is 0 Å². The number of rotatable bonds is 4. The maximum absolute atomic E-state index is 12.2. The first-order valence-electron chi connectivity index (χ1n) is 7.96. The number of aromatic nitrogens is 3. The van der Waals surface area contributed by atoms with Crippen molar-refractivity contribution < 1.29 is 9.52 Å². The predicted molar refractivity (Wildman–Crippen MR) is 102 cm³/mol. The lowest BCUT2D eigenvalue weighted by Crippen LogP contribution is -2.12. The van der Waals surface area contributed by atoms with Gasteiger partial charge in [0.1, 0.15) is 22.9 Å². The number of allylic oxidation sites excluding steroid dienone is 1. The first-order valence-corrected chi connectivity index (χ1v) is 8.94. The van der Waals surface area contributed by atoms with Gasteiger partial charge >= 0.3 is 0 Å². The normalized spacial score (nSPS) is 12.1. The predicted octanol–water partition coefficient (Wildman–Crippen LogP) is 3.65. The molecule has 0 aliphatic rings. The summed E-state index contributed by atoms with van der Waals surface area (Å²) in [5.41, 5.74) is 1.33. The zero-order chi connectivity index (χ0) is 18.8. The van der Waals surface area contributed by atoms with Gasteiger partial charge in [0.05, 0.1) is 16.7 Å². The molecule has 4 rings (SSSR count). The summed E-state index contributed by atoms with van der Waals surface area (Å²) in [4.78, 5) is 23.3. The standard InChI is InChI=1S/C19H12N4O3S/c20-9-12(17-21-13-6-2-1-5-11(13)18(25)23-17)15(24)10-27-19-22-14-7-3-4-8-16(14)26-19/h1-8,24H,10H2,(H,21,23,25). The van der Waals surface area contributed by atoms with Crippen molar-refractivity contribution in [3.05, 3.63) is 70.5 Å². The zero-order valence-electron chi connectivity index (χ0n) is 13.8. The van der Waals surface area contributed by atoms with Gasteiger partial charge in [0.25, 0.3) is 10.8 Å². The van der Waals surface area contributed by atoms with Crippen LogP contribution in [-0.2, 0) is 0 Å². The summed E-state index contributed by atoms with van der Waals surface area (Å²) in [6, 6.07) is 16.0. The van der Waals surface area contributed by atoms with Gasteiger partial charge in [-0.1, -0.05) is 36.0 Å². The van der Waals surface area contributed by atoms with Crippen LogP contribution in [0.25, 0.3) is 27.6 Å². The number of fused-ring (bicyclic) bond motifs is 2. The highest BCUT2D eigenvalue weighted by molar-refractivity contribution is 7.99. The summed E-state index contributed by atoms with van der Waals surface area (Å²) in [5.74, 6) is -0.147. The lowest BCUT2D eigenvalue weighted by atomic mass is 10.2. The van der Waals surface area contributed by atoms with Gasteiger partial charge in [-0.25, -0.2) is 9.97 Å². The highest BCUT2D eigenvalue weighted by atomic mass is 32.2. The highest BCUT2D eigenvalue weighted by Crippen LogP contribution is 2.26. The minimum Gasteiger partial charge on any atom is -0.510 e. The summed E-state index contributed by atoms with van der Waals surface area (Å²) in [6.45, 7) is 0. The van der Waals surface area contributed by atoms with Crippen LogP contribution in [0.2, 0.25) is 0 Å². The van der Waals surface area contributed by atoms with Gasteiger partial charge in [0, 0.05) is 0 Å². The molecule has 0 saturated heterocycles. The molecule has 27 heavy (non-hydrogen) atoms. The Balaban J connectivity index is 1.65. The van der Waals surface area contributed by atoms with Crippen molar-refractivity contribution in [3.8, 4) is 6.07 Å². The summed E-state index contributed by atoms with van der Waals surface area (Å²) in [7, 11) is 0. The molecule has 0 atom stereocenters. The second-order valence-electron chi connectivity index (χ2n) is 5.60. The second-order valence-corrected chi connectivity index (χ2v) is 6.53. The van der Waals surface area contributed by atoms with E-state index in [2.05, 4.69) is 15.0 Å². The number of para-hydroxylation sites is 3. The third-order valence-electron chi connectivity index (χ3n) is 3.86. The van der Waals surface area contributed by atoms with Crippen LogP contribution >= 0.6 is 11.8 Å². The SMILES string of the molecule is N#CC(=C(O)CSc1nc2ccccc2o1)c1nc2ccccc2c(=O)[nH]1. The molecule has 0 bridgehead atoms. The van der Waals surface area contributed by atoms with Crippen LogP contribution in [0.3, 0.4) is 0 Å². The molecule has 2 aromatic carbocycles. The Kier molecular flexibility index (Phi) is 4.36. The lowest BCUT2D eigenvalue weighted by Gasteiger charge is -2.04. The maximum atomic E-state index is 12.2. The van der Waals surface area contributed by atoms with E-state index >= 15 is 0 Å². The van der Waals surface area contributed by atoms with Crippen molar-refractivity contribution in [2.45, 2.75) is 5.22 Å². The number of nitrogens with one attached hydrogen (secondary N) is 1. The molecule has 0 radical (unpaired) electrons. The fourth-order valence-electron chi connectivity index (χ4n) is 2.57. The van der Waals surface area contributed by atoms with Crippen molar-refractivity contribution in [3.63, 3.8) is 0 Å². The van der Waals surface area contributed by atoms with Crippen LogP contribution in [0.1, 0.15) is 5.82 Å². The van der Waals surface area contributed by atoms with E-state index in [1.165, 1.54) is 0 Å². The topological polar surface area (TPSA) is 116 Å². The smallest absolute Gasteiger partial charge is 0.259 e. The van der Waals surface area contributed by atoms with Crippen molar-refractivity contribution in [1.29, 1.82) is 5.26 Å². The summed E-state index contributed by atoms with van der Waals surface area (Å²) in [6.07, 6.45) is 0. The molecule has 132 valence electrons. The minimum absolute atomic E-state index is 0.0249. The summed E-state index contributed by atoms with van der Waals surface area (Å²) < 4.78 is 5.58.